The van der Waals surface area contributed by atoms with E-state index in [4.69, 9.17) is 0 Å². The van der Waals surface area contributed by atoms with Crippen LogP contribution >= 0.6 is 11.3 Å². The van der Waals surface area contributed by atoms with Gasteiger partial charge in [0.1, 0.15) is 17.0 Å². The SMILES string of the molecule is CC(C)C(c1cn[nH]c1)N1CC2(CCN(c3ncnc4sc(CC(F)(F)F)cc34)C2)C1. The Bertz CT molecular complexity index is 1050. The van der Waals surface area contributed by atoms with E-state index in [1.165, 1.54) is 11.9 Å². The van der Waals surface area contributed by atoms with Crippen molar-refractivity contribution in [1.82, 2.24) is 25.1 Å². The van der Waals surface area contributed by atoms with Gasteiger partial charge in [-0.05, 0) is 18.4 Å². The molecule has 166 valence electrons. The number of rotatable bonds is 5. The summed E-state index contributed by atoms with van der Waals surface area (Å²) in [4.78, 5) is 14.3. The Labute approximate surface area is 182 Å². The van der Waals surface area contributed by atoms with Crippen LogP contribution in [0, 0.1) is 11.3 Å². The maximum atomic E-state index is 12.8. The Morgan fingerprint density at radius 3 is 2.71 bits per heavy atom. The molecule has 5 heterocycles. The molecule has 1 unspecified atom stereocenters. The first kappa shape index (κ1) is 20.7. The third-order valence-electron chi connectivity index (χ3n) is 6.43. The quantitative estimate of drug-likeness (QED) is 0.623. The van der Waals surface area contributed by atoms with Crippen molar-refractivity contribution >= 4 is 27.4 Å². The van der Waals surface area contributed by atoms with E-state index in [9.17, 15) is 13.2 Å². The molecule has 1 N–H and O–H groups in total. The summed E-state index contributed by atoms with van der Waals surface area (Å²) in [6.45, 7) is 8.22. The first-order valence-electron chi connectivity index (χ1n) is 10.5. The second kappa shape index (κ2) is 7.44. The standard InChI is InChI=1S/C21H25F3N6S/c1-13(2)17(14-7-27-28-8-14)30-10-20(11-30)3-4-29(9-20)18-16-5-15(6-21(22,23)24)31-19(16)26-12-25-18/h5,7-8,12-13,17H,3-4,6,9-11H2,1-2H3,(H,27,28). The van der Waals surface area contributed by atoms with Gasteiger partial charge in [-0.1, -0.05) is 13.8 Å². The molecule has 31 heavy (non-hydrogen) atoms. The van der Waals surface area contributed by atoms with Crippen molar-refractivity contribution in [2.75, 3.05) is 31.1 Å². The van der Waals surface area contributed by atoms with Crippen LogP contribution in [0.1, 0.15) is 36.8 Å². The summed E-state index contributed by atoms with van der Waals surface area (Å²) in [6.07, 6.45) is 1.27. The van der Waals surface area contributed by atoms with Gasteiger partial charge in [-0.3, -0.25) is 10.00 Å². The fraction of sp³-hybridized carbons (Fsp3) is 0.571. The summed E-state index contributed by atoms with van der Waals surface area (Å²) in [5.41, 5.74) is 1.42. The molecule has 2 aliphatic heterocycles. The summed E-state index contributed by atoms with van der Waals surface area (Å²) in [5, 5.41) is 7.77. The number of nitrogens with one attached hydrogen (secondary N) is 1. The highest BCUT2D eigenvalue weighted by atomic mass is 32.1. The largest absolute Gasteiger partial charge is 0.393 e. The monoisotopic (exact) mass is 450 g/mol. The third-order valence-corrected chi connectivity index (χ3v) is 7.48. The van der Waals surface area contributed by atoms with Crippen LogP contribution in [-0.2, 0) is 6.42 Å². The predicted molar refractivity (Wildman–Crippen MR) is 114 cm³/mol. The molecule has 0 aromatic carbocycles. The van der Waals surface area contributed by atoms with Crippen molar-refractivity contribution in [3.05, 3.63) is 35.2 Å². The molecule has 6 nitrogen and oxygen atoms in total. The van der Waals surface area contributed by atoms with Gasteiger partial charge in [-0.2, -0.15) is 18.3 Å². The van der Waals surface area contributed by atoms with E-state index in [2.05, 4.69) is 43.8 Å². The normalized spacial score (nSPS) is 20.1. The molecule has 0 aliphatic carbocycles. The zero-order valence-electron chi connectivity index (χ0n) is 17.5. The second-order valence-electron chi connectivity index (χ2n) is 9.22. The van der Waals surface area contributed by atoms with Gasteiger partial charge >= 0.3 is 6.18 Å². The molecular weight excluding hydrogens is 425 g/mol. The molecule has 0 amide bonds. The number of alkyl halides is 3. The lowest BCUT2D eigenvalue weighted by molar-refractivity contribution is -0.126. The number of aromatic nitrogens is 4. The van der Waals surface area contributed by atoms with Crippen molar-refractivity contribution in [3.8, 4) is 0 Å². The molecule has 2 aliphatic rings. The molecule has 2 saturated heterocycles. The van der Waals surface area contributed by atoms with Crippen LogP contribution in [0.2, 0.25) is 0 Å². The van der Waals surface area contributed by atoms with Crippen molar-refractivity contribution < 1.29 is 13.2 Å². The van der Waals surface area contributed by atoms with Gasteiger partial charge in [-0.15, -0.1) is 11.3 Å². The van der Waals surface area contributed by atoms with Crippen LogP contribution < -0.4 is 4.90 Å². The van der Waals surface area contributed by atoms with Crippen molar-refractivity contribution in [3.63, 3.8) is 0 Å². The number of hydrogen-bond acceptors (Lipinski definition) is 6. The molecule has 1 spiro atoms. The molecule has 5 rings (SSSR count). The topological polar surface area (TPSA) is 60.9 Å². The van der Waals surface area contributed by atoms with E-state index in [1.54, 1.807) is 6.07 Å². The molecule has 10 heteroatoms. The second-order valence-corrected chi connectivity index (χ2v) is 10.3. The summed E-state index contributed by atoms with van der Waals surface area (Å²) >= 11 is 1.11. The lowest BCUT2D eigenvalue weighted by Gasteiger charge is -2.52. The number of nitrogens with zero attached hydrogens (tertiary/aromatic N) is 5. The van der Waals surface area contributed by atoms with Gasteiger partial charge < -0.3 is 4.90 Å². The smallest absolute Gasteiger partial charge is 0.355 e. The molecule has 0 bridgehead atoms. The number of anilines is 1. The number of fused-ring (bicyclic) bond motifs is 1. The minimum atomic E-state index is -4.22. The highest BCUT2D eigenvalue weighted by Gasteiger charge is 2.50. The number of aromatic amines is 1. The lowest BCUT2D eigenvalue weighted by Crippen LogP contribution is -2.59. The van der Waals surface area contributed by atoms with Crippen LogP contribution in [0.5, 0.6) is 0 Å². The maximum absolute atomic E-state index is 12.8. The maximum Gasteiger partial charge on any atom is 0.393 e. The van der Waals surface area contributed by atoms with Crippen LogP contribution in [0.3, 0.4) is 0 Å². The molecule has 0 saturated carbocycles. The van der Waals surface area contributed by atoms with E-state index < -0.39 is 12.6 Å². The number of halogens is 3. The van der Waals surface area contributed by atoms with Crippen LogP contribution in [0.25, 0.3) is 10.2 Å². The Morgan fingerprint density at radius 1 is 1.23 bits per heavy atom. The summed E-state index contributed by atoms with van der Waals surface area (Å²) < 4.78 is 38.5. The Kier molecular flexibility index (Phi) is 4.97. The number of likely N-dealkylation sites (tertiary alicyclic amines) is 1. The van der Waals surface area contributed by atoms with Crippen LogP contribution in [-0.4, -0.2) is 57.4 Å². The van der Waals surface area contributed by atoms with Crippen molar-refractivity contribution in [2.45, 2.75) is 38.9 Å². The molecule has 3 aromatic rings. The zero-order chi connectivity index (χ0) is 21.8. The average molecular weight is 451 g/mol. The van der Waals surface area contributed by atoms with Gasteiger partial charge in [0.15, 0.2) is 0 Å². The molecular formula is C21H25F3N6S. The Morgan fingerprint density at radius 2 is 2.03 bits per heavy atom. The molecule has 3 aromatic heterocycles. The number of hydrogen-bond donors (Lipinski definition) is 1. The van der Waals surface area contributed by atoms with Gasteiger partial charge in [-0.25, -0.2) is 9.97 Å². The van der Waals surface area contributed by atoms with E-state index in [0.29, 0.717) is 16.8 Å². The Balaban J connectivity index is 1.32. The number of thiophene rings is 1. The van der Waals surface area contributed by atoms with Gasteiger partial charge in [0.05, 0.1) is 18.0 Å². The summed E-state index contributed by atoms with van der Waals surface area (Å²) in [5.74, 6) is 1.24. The fourth-order valence-corrected chi connectivity index (χ4v) is 6.28. The fourth-order valence-electron chi connectivity index (χ4n) is 5.26. The van der Waals surface area contributed by atoms with Gasteiger partial charge in [0.25, 0.3) is 0 Å². The summed E-state index contributed by atoms with van der Waals surface area (Å²) in [7, 11) is 0. The van der Waals surface area contributed by atoms with Crippen molar-refractivity contribution in [1.29, 1.82) is 0 Å². The first-order chi connectivity index (χ1) is 14.7. The average Bonchev–Trinajstić information content (AvgIpc) is 3.38. The third kappa shape index (κ3) is 3.91. The predicted octanol–water partition coefficient (Wildman–Crippen LogP) is 4.43. The van der Waals surface area contributed by atoms with Crippen LogP contribution in [0.4, 0.5) is 19.0 Å². The highest BCUT2D eigenvalue weighted by molar-refractivity contribution is 7.18. The van der Waals surface area contributed by atoms with E-state index in [0.717, 1.165) is 55.1 Å². The Hall–Kier alpha value is -2.20. The minimum absolute atomic E-state index is 0.207. The van der Waals surface area contributed by atoms with E-state index in [1.807, 2.05) is 12.4 Å². The zero-order valence-corrected chi connectivity index (χ0v) is 18.3. The van der Waals surface area contributed by atoms with Gasteiger partial charge in [0.2, 0.25) is 0 Å². The lowest BCUT2D eigenvalue weighted by atomic mass is 9.76. The highest BCUT2D eigenvalue weighted by Crippen LogP contribution is 2.47. The minimum Gasteiger partial charge on any atom is -0.355 e. The van der Waals surface area contributed by atoms with Gasteiger partial charge in [0, 0.05) is 54.3 Å². The first-order valence-corrected chi connectivity index (χ1v) is 11.3. The van der Waals surface area contributed by atoms with Crippen molar-refractivity contribution in [2.24, 2.45) is 11.3 Å². The summed E-state index contributed by atoms with van der Waals surface area (Å²) in [6, 6.07) is 1.96. The van der Waals surface area contributed by atoms with E-state index in [-0.39, 0.29) is 10.3 Å². The van der Waals surface area contributed by atoms with Crippen LogP contribution in [0.15, 0.2) is 24.8 Å². The molecule has 0 radical (unpaired) electrons. The molecule has 2 fully saturated rings. The molecule has 1 atom stereocenters. The number of H-pyrrole nitrogens is 1. The van der Waals surface area contributed by atoms with E-state index >= 15 is 0 Å².